The van der Waals surface area contributed by atoms with Crippen molar-refractivity contribution in [3.05, 3.63) is 88.2 Å². The molecular formula is C25H27N3O3. The third-order valence-corrected chi connectivity index (χ3v) is 5.53. The molecule has 1 saturated carbocycles. The molecule has 0 radical (unpaired) electrons. The van der Waals surface area contributed by atoms with Crippen LogP contribution in [0.2, 0.25) is 0 Å². The highest BCUT2D eigenvalue weighted by Gasteiger charge is 2.32. The molecule has 1 aliphatic carbocycles. The molecule has 0 unspecified atom stereocenters. The fourth-order valence-electron chi connectivity index (χ4n) is 3.58. The monoisotopic (exact) mass is 417 g/mol. The van der Waals surface area contributed by atoms with Crippen molar-refractivity contribution in [3.63, 3.8) is 0 Å². The summed E-state index contributed by atoms with van der Waals surface area (Å²) >= 11 is 0. The Morgan fingerprint density at radius 1 is 1.06 bits per heavy atom. The summed E-state index contributed by atoms with van der Waals surface area (Å²) in [5, 5.41) is 7.49. The average Bonchev–Trinajstić information content (AvgIpc) is 3.52. The van der Waals surface area contributed by atoms with Crippen molar-refractivity contribution in [2.45, 2.75) is 52.3 Å². The van der Waals surface area contributed by atoms with Crippen LogP contribution in [0, 0.1) is 20.8 Å². The topological polar surface area (TPSA) is 73.2 Å². The Kier molecular flexibility index (Phi) is 5.89. The molecule has 6 nitrogen and oxygen atoms in total. The van der Waals surface area contributed by atoms with Crippen molar-refractivity contribution >= 4 is 11.9 Å². The van der Waals surface area contributed by atoms with Gasteiger partial charge in [-0.3, -0.25) is 9.48 Å². The van der Waals surface area contributed by atoms with E-state index in [1.807, 2.05) is 32.0 Å². The Morgan fingerprint density at radius 2 is 1.74 bits per heavy atom. The van der Waals surface area contributed by atoms with Crippen LogP contribution < -0.4 is 5.32 Å². The van der Waals surface area contributed by atoms with Gasteiger partial charge < -0.3 is 10.1 Å². The lowest BCUT2D eigenvalue weighted by Crippen LogP contribution is -2.33. The minimum atomic E-state index is -0.992. The molecule has 1 amide bonds. The van der Waals surface area contributed by atoms with E-state index in [0.717, 1.165) is 24.1 Å². The molecular weight excluding hydrogens is 390 g/mol. The molecule has 0 spiro atoms. The van der Waals surface area contributed by atoms with Gasteiger partial charge in [-0.25, -0.2) is 4.79 Å². The largest absolute Gasteiger partial charge is 0.444 e. The summed E-state index contributed by atoms with van der Waals surface area (Å²) in [5.74, 6) is -0.825. The van der Waals surface area contributed by atoms with E-state index in [2.05, 4.69) is 34.7 Å². The van der Waals surface area contributed by atoms with Crippen LogP contribution in [-0.4, -0.2) is 27.7 Å². The predicted molar refractivity (Wildman–Crippen MR) is 118 cm³/mol. The van der Waals surface area contributed by atoms with Crippen LogP contribution in [0.4, 0.5) is 0 Å². The molecule has 0 bridgehead atoms. The van der Waals surface area contributed by atoms with Crippen molar-refractivity contribution in [3.8, 4) is 0 Å². The van der Waals surface area contributed by atoms with Crippen LogP contribution in [0.5, 0.6) is 0 Å². The zero-order chi connectivity index (χ0) is 22.0. The zero-order valence-electron chi connectivity index (χ0n) is 18.1. The number of amides is 1. The van der Waals surface area contributed by atoms with Gasteiger partial charge in [-0.15, -0.1) is 0 Å². The summed E-state index contributed by atoms with van der Waals surface area (Å²) in [4.78, 5) is 25.9. The van der Waals surface area contributed by atoms with Gasteiger partial charge >= 0.3 is 5.97 Å². The number of aryl methyl sites for hydroxylation is 2. The van der Waals surface area contributed by atoms with E-state index >= 15 is 0 Å². The van der Waals surface area contributed by atoms with Gasteiger partial charge in [0.05, 0.1) is 17.9 Å². The summed E-state index contributed by atoms with van der Waals surface area (Å²) in [6, 6.07) is 17.5. The summed E-state index contributed by atoms with van der Waals surface area (Å²) < 4.78 is 7.55. The minimum absolute atomic E-state index is 0.179. The number of benzene rings is 2. The van der Waals surface area contributed by atoms with E-state index in [1.54, 1.807) is 23.7 Å². The molecule has 0 saturated heterocycles. The first-order valence-corrected chi connectivity index (χ1v) is 10.6. The second kappa shape index (κ2) is 8.76. The van der Waals surface area contributed by atoms with E-state index in [1.165, 1.54) is 5.56 Å². The second-order valence-electron chi connectivity index (χ2n) is 8.17. The third kappa shape index (κ3) is 4.85. The summed E-state index contributed by atoms with van der Waals surface area (Å²) in [6.45, 7) is 6.25. The lowest BCUT2D eigenvalue weighted by Gasteiger charge is -2.18. The van der Waals surface area contributed by atoms with Crippen LogP contribution in [0.1, 0.15) is 57.4 Å². The maximum Gasteiger partial charge on any atom is 0.343 e. The van der Waals surface area contributed by atoms with Crippen LogP contribution in [-0.2, 0) is 16.1 Å². The third-order valence-electron chi connectivity index (χ3n) is 5.53. The predicted octanol–water partition coefficient (Wildman–Crippen LogP) is 4.03. The molecule has 1 heterocycles. The van der Waals surface area contributed by atoms with Gasteiger partial charge in [0.15, 0.2) is 0 Å². The molecule has 1 N–H and O–H groups in total. The number of esters is 1. The van der Waals surface area contributed by atoms with Crippen LogP contribution in [0.25, 0.3) is 0 Å². The Labute approximate surface area is 182 Å². The Bertz CT molecular complexity index is 1080. The maximum absolute atomic E-state index is 13.1. The summed E-state index contributed by atoms with van der Waals surface area (Å²) in [6.07, 6.45) is 0.935. The van der Waals surface area contributed by atoms with Gasteiger partial charge in [0.2, 0.25) is 6.10 Å². The highest BCUT2D eigenvalue weighted by molar-refractivity contribution is 5.94. The maximum atomic E-state index is 13.1. The molecule has 2 aromatic carbocycles. The quantitative estimate of drug-likeness (QED) is 0.589. The summed E-state index contributed by atoms with van der Waals surface area (Å²) in [7, 11) is 0. The highest BCUT2D eigenvalue weighted by Crippen LogP contribution is 2.25. The normalized spacial score (nSPS) is 14.2. The van der Waals surface area contributed by atoms with Gasteiger partial charge in [0.25, 0.3) is 5.91 Å². The molecule has 1 aromatic heterocycles. The van der Waals surface area contributed by atoms with Crippen molar-refractivity contribution in [2.24, 2.45) is 0 Å². The minimum Gasteiger partial charge on any atom is -0.444 e. The van der Waals surface area contributed by atoms with E-state index in [0.29, 0.717) is 23.4 Å². The van der Waals surface area contributed by atoms with Crippen LogP contribution in [0.3, 0.4) is 0 Å². The number of rotatable bonds is 7. The molecule has 160 valence electrons. The van der Waals surface area contributed by atoms with E-state index in [9.17, 15) is 9.59 Å². The lowest BCUT2D eigenvalue weighted by atomic mass is 10.1. The van der Waals surface area contributed by atoms with E-state index in [4.69, 9.17) is 4.74 Å². The first-order valence-electron chi connectivity index (χ1n) is 10.6. The number of hydrogen-bond donors (Lipinski definition) is 1. The van der Waals surface area contributed by atoms with Crippen molar-refractivity contribution in [1.29, 1.82) is 0 Å². The fraction of sp³-hybridized carbons (Fsp3) is 0.320. The first-order chi connectivity index (χ1) is 14.9. The van der Waals surface area contributed by atoms with Crippen molar-refractivity contribution in [2.75, 3.05) is 0 Å². The Balaban J connectivity index is 1.56. The highest BCUT2D eigenvalue weighted by atomic mass is 16.5. The van der Waals surface area contributed by atoms with E-state index in [-0.39, 0.29) is 11.9 Å². The molecule has 1 atom stereocenters. The zero-order valence-corrected chi connectivity index (χ0v) is 18.1. The molecule has 31 heavy (non-hydrogen) atoms. The number of nitrogens with zero attached hydrogens (tertiary/aromatic N) is 2. The summed E-state index contributed by atoms with van der Waals surface area (Å²) in [5.41, 5.74) is 4.66. The van der Waals surface area contributed by atoms with Crippen molar-refractivity contribution in [1.82, 2.24) is 15.1 Å². The molecule has 4 rings (SSSR count). The number of carbonyl (C=O) groups excluding carboxylic acids is 2. The number of aromatic nitrogens is 2. The first kappa shape index (κ1) is 20.8. The van der Waals surface area contributed by atoms with Gasteiger partial charge in [0.1, 0.15) is 5.56 Å². The number of nitrogens with one attached hydrogen (secondary N) is 1. The van der Waals surface area contributed by atoms with E-state index < -0.39 is 12.1 Å². The number of hydrogen-bond acceptors (Lipinski definition) is 4. The number of ether oxygens (including phenoxy) is 1. The average molecular weight is 418 g/mol. The van der Waals surface area contributed by atoms with Gasteiger partial charge in [-0.2, -0.15) is 5.10 Å². The molecule has 6 heteroatoms. The van der Waals surface area contributed by atoms with Crippen LogP contribution in [0.15, 0.2) is 54.6 Å². The van der Waals surface area contributed by atoms with Gasteiger partial charge in [-0.05, 0) is 39.2 Å². The molecule has 0 aliphatic heterocycles. The number of carbonyl (C=O) groups is 2. The second-order valence-corrected chi connectivity index (χ2v) is 8.17. The Hall–Kier alpha value is -3.41. The Morgan fingerprint density at radius 3 is 2.39 bits per heavy atom. The molecule has 3 aromatic rings. The molecule has 1 aliphatic rings. The lowest BCUT2D eigenvalue weighted by molar-refractivity contribution is -0.130. The SMILES string of the molecule is Cc1ccc(Cn2nc(C)c(C(=O)O[C@@H](C(=O)NC3CC3)c3ccccc3)c2C)cc1. The fourth-order valence-corrected chi connectivity index (χ4v) is 3.58. The standard InChI is InChI=1S/C25H27N3O3/c1-16-9-11-19(12-10-16)15-28-18(3)22(17(2)27-28)25(30)31-23(20-7-5-4-6-8-20)24(29)26-21-13-14-21/h4-12,21,23H,13-15H2,1-3H3,(H,26,29)/t23-/m1/s1. The molecule has 1 fully saturated rings. The smallest absolute Gasteiger partial charge is 0.343 e. The van der Waals surface area contributed by atoms with Crippen molar-refractivity contribution < 1.29 is 14.3 Å². The van der Waals surface area contributed by atoms with Crippen LogP contribution >= 0.6 is 0 Å². The van der Waals surface area contributed by atoms with Gasteiger partial charge in [-0.1, -0.05) is 60.2 Å². The van der Waals surface area contributed by atoms with Gasteiger partial charge in [0, 0.05) is 11.6 Å².